The van der Waals surface area contributed by atoms with Crippen LogP contribution in [0, 0.1) is 0 Å². The molecule has 2 rings (SSSR count). The Balaban J connectivity index is 2.23. The van der Waals surface area contributed by atoms with Gasteiger partial charge in [-0.05, 0) is 19.4 Å². The predicted molar refractivity (Wildman–Crippen MR) is 61.0 cm³/mol. The Labute approximate surface area is 89.3 Å². The second-order valence-electron chi connectivity index (χ2n) is 3.77. The Bertz CT molecular complexity index is 435. The lowest BCUT2D eigenvalue weighted by molar-refractivity contribution is 0.687. The molecule has 0 amide bonds. The monoisotopic (exact) mass is 204 g/mol. The largest absolute Gasteiger partial charge is 0.366 e. The SMILES string of the molecule is CCCC(C)Nc1nccn2nccc12. The van der Waals surface area contributed by atoms with Crippen molar-refractivity contribution in [1.29, 1.82) is 0 Å². The molecule has 15 heavy (non-hydrogen) atoms. The number of hydrogen-bond acceptors (Lipinski definition) is 3. The summed E-state index contributed by atoms with van der Waals surface area (Å²) in [5, 5.41) is 7.57. The van der Waals surface area contributed by atoms with Gasteiger partial charge in [0.25, 0.3) is 0 Å². The number of aromatic nitrogens is 3. The zero-order valence-corrected chi connectivity index (χ0v) is 9.14. The molecule has 1 N–H and O–H groups in total. The number of nitrogens with zero attached hydrogens (tertiary/aromatic N) is 3. The first-order valence-corrected chi connectivity index (χ1v) is 5.36. The summed E-state index contributed by atoms with van der Waals surface area (Å²) >= 11 is 0. The van der Waals surface area contributed by atoms with Crippen LogP contribution < -0.4 is 5.32 Å². The summed E-state index contributed by atoms with van der Waals surface area (Å²) < 4.78 is 1.83. The van der Waals surface area contributed by atoms with Crippen LogP contribution in [0.15, 0.2) is 24.7 Å². The molecule has 0 saturated carbocycles. The van der Waals surface area contributed by atoms with Crippen LogP contribution >= 0.6 is 0 Å². The van der Waals surface area contributed by atoms with E-state index in [-0.39, 0.29) is 0 Å². The molecule has 0 aliphatic rings. The molecular weight excluding hydrogens is 188 g/mol. The van der Waals surface area contributed by atoms with Crippen molar-refractivity contribution in [1.82, 2.24) is 14.6 Å². The minimum absolute atomic E-state index is 0.448. The smallest absolute Gasteiger partial charge is 0.152 e. The Hall–Kier alpha value is -1.58. The van der Waals surface area contributed by atoms with Crippen molar-refractivity contribution in [3.8, 4) is 0 Å². The molecule has 80 valence electrons. The van der Waals surface area contributed by atoms with E-state index in [0.29, 0.717) is 6.04 Å². The average molecular weight is 204 g/mol. The summed E-state index contributed by atoms with van der Waals surface area (Å²) in [7, 11) is 0. The topological polar surface area (TPSA) is 42.2 Å². The van der Waals surface area contributed by atoms with Gasteiger partial charge in [-0.2, -0.15) is 5.10 Å². The lowest BCUT2D eigenvalue weighted by atomic mass is 10.2. The first kappa shape index (κ1) is 9.96. The Morgan fingerprint density at radius 1 is 1.47 bits per heavy atom. The van der Waals surface area contributed by atoms with Crippen LogP contribution in [-0.2, 0) is 0 Å². The first-order chi connectivity index (χ1) is 7.31. The molecule has 0 fully saturated rings. The van der Waals surface area contributed by atoms with E-state index in [2.05, 4.69) is 29.2 Å². The van der Waals surface area contributed by atoms with Gasteiger partial charge < -0.3 is 5.32 Å². The van der Waals surface area contributed by atoms with E-state index in [0.717, 1.165) is 17.8 Å². The van der Waals surface area contributed by atoms with Crippen molar-refractivity contribution in [2.45, 2.75) is 32.7 Å². The van der Waals surface area contributed by atoms with Crippen molar-refractivity contribution < 1.29 is 0 Å². The summed E-state index contributed by atoms with van der Waals surface area (Å²) in [6, 6.07) is 2.41. The lowest BCUT2D eigenvalue weighted by Gasteiger charge is -2.13. The molecule has 0 spiro atoms. The number of rotatable bonds is 4. The van der Waals surface area contributed by atoms with Crippen LogP contribution in [0.2, 0.25) is 0 Å². The van der Waals surface area contributed by atoms with Crippen LogP contribution in [0.3, 0.4) is 0 Å². The quantitative estimate of drug-likeness (QED) is 0.831. The summed E-state index contributed by atoms with van der Waals surface area (Å²) in [5.41, 5.74) is 1.03. The molecule has 1 atom stereocenters. The molecule has 1 unspecified atom stereocenters. The van der Waals surface area contributed by atoms with E-state index in [1.165, 1.54) is 6.42 Å². The third-order valence-corrected chi connectivity index (χ3v) is 2.43. The molecule has 4 heteroatoms. The third kappa shape index (κ3) is 2.09. The summed E-state index contributed by atoms with van der Waals surface area (Å²) in [6.07, 6.45) is 7.73. The second kappa shape index (κ2) is 4.29. The van der Waals surface area contributed by atoms with Crippen LogP contribution in [0.4, 0.5) is 5.82 Å². The van der Waals surface area contributed by atoms with Gasteiger partial charge in [0.1, 0.15) is 5.52 Å². The molecule has 2 aromatic heterocycles. The Kier molecular flexibility index (Phi) is 2.85. The van der Waals surface area contributed by atoms with Gasteiger partial charge >= 0.3 is 0 Å². The van der Waals surface area contributed by atoms with Crippen LogP contribution in [0.1, 0.15) is 26.7 Å². The fraction of sp³-hybridized carbons (Fsp3) is 0.455. The van der Waals surface area contributed by atoms with Gasteiger partial charge in [0, 0.05) is 18.4 Å². The fourth-order valence-electron chi connectivity index (χ4n) is 1.71. The zero-order valence-electron chi connectivity index (χ0n) is 9.14. The van der Waals surface area contributed by atoms with Gasteiger partial charge in [0.05, 0.1) is 6.20 Å². The molecule has 0 saturated heterocycles. The number of anilines is 1. The number of fused-ring (bicyclic) bond motifs is 1. The van der Waals surface area contributed by atoms with E-state index in [4.69, 9.17) is 0 Å². The first-order valence-electron chi connectivity index (χ1n) is 5.36. The van der Waals surface area contributed by atoms with E-state index < -0.39 is 0 Å². The zero-order chi connectivity index (χ0) is 10.7. The highest BCUT2D eigenvalue weighted by molar-refractivity contribution is 5.66. The minimum atomic E-state index is 0.448. The molecule has 2 aromatic rings. The summed E-state index contributed by atoms with van der Waals surface area (Å²) in [4.78, 5) is 4.33. The Morgan fingerprint density at radius 3 is 3.13 bits per heavy atom. The van der Waals surface area contributed by atoms with E-state index >= 15 is 0 Å². The maximum atomic E-state index is 4.33. The molecule has 2 heterocycles. The number of hydrogen-bond donors (Lipinski definition) is 1. The van der Waals surface area contributed by atoms with Gasteiger partial charge in [-0.15, -0.1) is 0 Å². The lowest BCUT2D eigenvalue weighted by Crippen LogP contribution is -2.16. The predicted octanol–water partition coefficient (Wildman–Crippen LogP) is 2.33. The van der Waals surface area contributed by atoms with E-state index in [9.17, 15) is 0 Å². The van der Waals surface area contributed by atoms with Gasteiger partial charge in [-0.25, -0.2) is 9.50 Å². The number of nitrogens with one attached hydrogen (secondary N) is 1. The summed E-state index contributed by atoms with van der Waals surface area (Å²) in [6.45, 7) is 4.36. The normalized spacial score (nSPS) is 12.9. The molecule has 4 nitrogen and oxygen atoms in total. The molecule has 0 aliphatic carbocycles. The maximum absolute atomic E-state index is 4.33. The van der Waals surface area contributed by atoms with Gasteiger partial charge in [-0.3, -0.25) is 0 Å². The molecule has 0 aliphatic heterocycles. The minimum Gasteiger partial charge on any atom is -0.366 e. The second-order valence-corrected chi connectivity index (χ2v) is 3.77. The average Bonchev–Trinajstić information content (AvgIpc) is 2.67. The van der Waals surface area contributed by atoms with Crippen molar-refractivity contribution in [2.75, 3.05) is 5.32 Å². The molecule has 0 aromatic carbocycles. The van der Waals surface area contributed by atoms with E-state index in [1.54, 1.807) is 12.4 Å². The van der Waals surface area contributed by atoms with Crippen molar-refractivity contribution in [2.24, 2.45) is 0 Å². The maximum Gasteiger partial charge on any atom is 0.152 e. The highest BCUT2D eigenvalue weighted by Crippen LogP contribution is 2.14. The highest BCUT2D eigenvalue weighted by Gasteiger charge is 2.05. The third-order valence-electron chi connectivity index (χ3n) is 2.43. The van der Waals surface area contributed by atoms with Crippen molar-refractivity contribution in [3.63, 3.8) is 0 Å². The van der Waals surface area contributed by atoms with Gasteiger partial charge in [0.15, 0.2) is 5.82 Å². The van der Waals surface area contributed by atoms with Gasteiger partial charge in [0.2, 0.25) is 0 Å². The van der Waals surface area contributed by atoms with Crippen molar-refractivity contribution >= 4 is 11.3 Å². The standard InChI is InChI=1S/C11H16N4/c1-3-4-9(2)14-11-10-5-6-13-15(10)8-7-12-11/h5-9H,3-4H2,1-2H3,(H,12,14). The van der Waals surface area contributed by atoms with E-state index in [1.807, 2.05) is 16.8 Å². The fourth-order valence-corrected chi connectivity index (χ4v) is 1.71. The highest BCUT2D eigenvalue weighted by atomic mass is 15.2. The Morgan fingerprint density at radius 2 is 2.33 bits per heavy atom. The molecule has 0 bridgehead atoms. The van der Waals surface area contributed by atoms with Crippen molar-refractivity contribution in [3.05, 3.63) is 24.7 Å². The molecule has 0 radical (unpaired) electrons. The summed E-state index contributed by atoms with van der Waals surface area (Å²) in [5.74, 6) is 0.913. The molecular formula is C11H16N4. The van der Waals surface area contributed by atoms with Gasteiger partial charge in [-0.1, -0.05) is 13.3 Å². The van der Waals surface area contributed by atoms with Crippen LogP contribution in [0.25, 0.3) is 5.52 Å². The van der Waals surface area contributed by atoms with Crippen LogP contribution in [-0.4, -0.2) is 20.6 Å². The van der Waals surface area contributed by atoms with Crippen LogP contribution in [0.5, 0.6) is 0 Å².